The van der Waals surface area contributed by atoms with E-state index in [0.717, 1.165) is 17.0 Å². The zero-order valence-corrected chi connectivity index (χ0v) is 17.9. The van der Waals surface area contributed by atoms with Crippen molar-refractivity contribution in [3.8, 4) is 17.2 Å². The summed E-state index contributed by atoms with van der Waals surface area (Å²) in [6, 6.07) is 18.4. The van der Waals surface area contributed by atoms with Crippen molar-refractivity contribution in [3.63, 3.8) is 0 Å². The van der Waals surface area contributed by atoms with Gasteiger partial charge in [0.2, 0.25) is 0 Å². The fraction of sp³-hybridized carbons (Fsp3) is 0.280. The number of hydrogen-bond donors (Lipinski definition) is 1. The molecular weight excluding hydrogens is 397 g/mol. The van der Waals surface area contributed by atoms with Crippen molar-refractivity contribution in [1.82, 2.24) is 0 Å². The van der Waals surface area contributed by atoms with E-state index in [0.29, 0.717) is 17.4 Å². The molecule has 1 aliphatic carbocycles. The van der Waals surface area contributed by atoms with Gasteiger partial charge in [-0.25, -0.2) is 4.39 Å². The number of nitrogens with zero attached hydrogens (tertiary/aromatic N) is 1. The summed E-state index contributed by atoms with van der Waals surface area (Å²) >= 11 is 4.54. The van der Waals surface area contributed by atoms with Crippen LogP contribution in [0.15, 0.2) is 60.7 Å². The predicted molar refractivity (Wildman–Crippen MR) is 121 cm³/mol. The van der Waals surface area contributed by atoms with Gasteiger partial charge in [-0.1, -0.05) is 31.9 Å². The van der Waals surface area contributed by atoms with Crippen LogP contribution < -0.4 is 13.8 Å². The number of halogens is 1. The van der Waals surface area contributed by atoms with Gasteiger partial charge in [-0.05, 0) is 72.4 Å². The summed E-state index contributed by atoms with van der Waals surface area (Å²) in [6.45, 7) is 2.22. The average Bonchev–Trinajstić information content (AvgIpc) is 3.54. The highest BCUT2D eigenvalue weighted by Gasteiger charge is 2.36. The average molecular weight is 422 g/mol. The van der Waals surface area contributed by atoms with Crippen molar-refractivity contribution in [2.75, 3.05) is 11.4 Å². The molecule has 1 saturated carbocycles. The molecule has 0 bridgehead atoms. The largest absolute Gasteiger partial charge is 0.485 e. The minimum absolute atomic E-state index is 0.0348. The molecule has 5 heteroatoms. The number of benzene rings is 3. The summed E-state index contributed by atoms with van der Waals surface area (Å²) in [6.07, 6.45) is 2.47. The van der Waals surface area contributed by atoms with Gasteiger partial charge in [0.05, 0.1) is 5.69 Å². The third-order valence-corrected chi connectivity index (χ3v) is 6.20. The van der Waals surface area contributed by atoms with Crippen molar-refractivity contribution >= 4 is 18.5 Å². The second kappa shape index (κ2) is 7.55. The lowest BCUT2D eigenvalue weighted by Crippen LogP contribution is -2.07. The summed E-state index contributed by atoms with van der Waals surface area (Å²) in [5.74, 6) is 2.90. The van der Waals surface area contributed by atoms with E-state index in [2.05, 4.69) is 31.9 Å². The maximum atomic E-state index is 13.1. The molecule has 0 aromatic heterocycles. The first-order valence-electron chi connectivity index (χ1n) is 10.3. The van der Waals surface area contributed by atoms with E-state index in [1.165, 1.54) is 36.1 Å². The molecule has 154 valence electrons. The van der Waals surface area contributed by atoms with E-state index in [-0.39, 0.29) is 17.8 Å². The third-order valence-electron chi connectivity index (χ3n) is 5.98. The second-order valence-corrected chi connectivity index (χ2v) is 8.80. The second-order valence-electron chi connectivity index (χ2n) is 8.20. The molecule has 1 heterocycles. The van der Waals surface area contributed by atoms with Gasteiger partial charge in [0.15, 0.2) is 0 Å². The van der Waals surface area contributed by atoms with Crippen LogP contribution in [-0.2, 0) is 0 Å². The van der Waals surface area contributed by atoms with Gasteiger partial charge < -0.3 is 13.8 Å². The monoisotopic (exact) mass is 421 g/mol. The normalized spacial score (nSPS) is 19.9. The predicted octanol–water partition coefficient (Wildman–Crippen LogP) is 7.01. The Hall–Kier alpha value is -2.66. The topological polar surface area (TPSA) is 21.7 Å². The number of ether oxygens (including phenoxy) is 2. The number of fused-ring (bicyclic) bond motifs is 1. The molecule has 2 atom stereocenters. The van der Waals surface area contributed by atoms with Crippen LogP contribution in [0.4, 0.5) is 10.1 Å². The fourth-order valence-corrected chi connectivity index (χ4v) is 4.36. The highest BCUT2D eigenvalue weighted by Crippen LogP contribution is 2.52. The van der Waals surface area contributed by atoms with E-state index in [4.69, 9.17) is 9.47 Å². The van der Waals surface area contributed by atoms with E-state index >= 15 is 0 Å². The van der Waals surface area contributed by atoms with Crippen LogP contribution in [-0.4, -0.2) is 7.05 Å². The lowest BCUT2D eigenvalue weighted by Gasteiger charge is -2.17. The fourth-order valence-electron chi connectivity index (χ4n) is 4.19. The third kappa shape index (κ3) is 3.63. The maximum Gasteiger partial charge on any atom is 0.130 e. The molecule has 3 aromatic rings. The molecule has 3 nitrogen and oxygen atoms in total. The SMILES string of the molecule is CC1c2cc(C3CC3)c(N(C)S)cc2OC1c1ccc(Oc2ccc(F)cc2)cc1. The van der Waals surface area contributed by atoms with E-state index in [1.807, 2.05) is 35.6 Å². The Morgan fingerprint density at radius 3 is 2.20 bits per heavy atom. The van der Waals surface area contributed by atoms with E-state index < -0.39 is 0 Å². The molecule has 0 saturated heterocycles. The molecule has 1 fully saturated rings. The molecule has 2 aliphatic rings. The quantitative estimate of drug-likeness (QED) is 0.448. The maximum absolute atomic E-state index is 13.1. The van der Waals surface area contributed by atoms with E-state index in [1.54, 1.807) is 12.1 Å². The number of hydrogen-bond acceptors (Lipinski definition) is 4. The molecule has 3 aromatic carbocycles. The number of anilines is 1. The Labute approximate surface area is 182 Å². The minimum Gasteiger partial charge on any atom is -0.485 e. The first-order chi connectivity index (χ1) is 14.5. The van der Waals surface area contributed by atoms with Crippen LogP contribution in [0, 0.1) is 5.82 Å². The smallest absolute Gasteiger partial charge is 0.130 e. The van der Waals surface area contributed by atoms with Gasteiger partial charge >= 0.3 is 0 Å². The Morgan fingerprint density at radius 1 is 0.967 bits per heavy atom. The van der Waals surface area contributed by atoms with Gasteiger partial charge in [-0.2, -0.15) is 0 Å². The van der Waals surface area contributed by atoms with Gasteiger partial charge in [-0.3, -0.25) is 0 Å². The van der Waals surface area contributed by atoms with Crippen molar-refractivity contribution in [2.24, 2.45) is 0 Å². The van der Waals surface area contributed by atoms with Crippen molar-refractivity contribution in [3.05, 3.63) is 83.2 Å². The van der Waals surface area contributed by atoms with Crippen LogP contribution in [0.2, 0.25) is 0 Å². The Balaban J connectivity index is 1.37. The molecule has 5 rings (SSSR count). The molecule has 30 heavy (non-hydrogen) atoms. The van der Waals surface area contributed by atoms with Crippen molar-refractivity contribution in [1.29, 1.82) is 0 Å². The van der Waals surface area contributed by atoms with Gasteiger partial charge in [0, 0.05) is 24.6 Å². The Morgan fingerprint density at radius 2 is 1.60 bits per heavy atom. The van der Waals surface area contributed by atoms with Crippen molar-refractivity contribution in [2.45, 2.75) is 37.7 Å². The first kappa shape index (κ1) is 19.3. The Kier molecular flexibility index (Phi) is 4.86. The van der Waals surface area contributed by atoms with Gasteiger partial charge in [-0.15, -0.1) is 0 Å². The van der Waals surface area contributed by atoms with Gasteiger partial charge in [0.1, 0.15) is 29.2 Å². The lowest BCUT2D eigenvalue weighted by atomic mass is 9.91. The molecule has 0 radical (unpaired) electrons. The summed E-state index contributed by atoms with van der Waals surface area (Å²) in [5, 5.41) is 0. The van der Waals surface area contributed by atoms with Crippen LogP contribution in [0.25, 0.3) is 0 Å². The standard InChI is InChI=1S/C25H24FNO2S/c1-15-21-13-22(16-3-4-16)23(27(2)30)14-24(21)29-25(15)17-5-9-19(10-6-17)28-20-11-7-18(26)8-12-20/h5-16,25,30H,3-4H2,1-2H3. The summed E-state index contributed by atoms with van der Waals surface area (Å²) in [7, 11) is 1.96. The highest BCUT2D eigenvalue weighted by molar-refractivity contribution is 7.81. The van der Waals surface area contributed by atoms with Crippen LogP contribution in [0.5, 0.6) is 17.2 Å². The zero-order chi connectivity index (χ0) is 20.8. The molecular formula is C25H24FNO2S. The van der Waals surface area contributed by atoms with E-state index in [9.17, 15) is 4.39 Å². The molecule has 2 unspecified atom stereocenters. The summed E-state index contributed by atoms with van der Waals surface area (Å²) < 4.78 is 27.1. The number of rotatable bonds is 5. The summed E-state index contributed by atoms with van der Waals surface area (Å²) in [4.78, 5) is 0. The van der Waals surface area contributed by atoms with Crippen LogP contribution in [0.1, 0.15) is 54.4 Å². The summed E-state index contributed by atoms with van der Waals surface area (Å²) in [5.41, 5.74) is 4.90. The Bertz CT molecular complexity index is 1060. The number of thiol groups is 1. The van der Waals surface area contributed by atoms with Crippen LogP contribution in [0.3, 0.4) is 0 Å². The molecule has 0 amide bonds. The lowest BCUT2D eigenvalue weighted by molar-refractivity contribution is 0.216. The minimum atomic E-state index is -0.276. The molecule has 0 spiro atoms. The van der Waals surface area contributed by atoms with Crippen molar-refractivity contribution < 1.29 is 13.9 Å². The van der Waals surface area contributed by atoms with Gasteiger partial charge in [0.25, 0.3) is 0 Å². The highest BCUT2D eigenvalue weighted by atomic mass is 32.1. The first-order valence-corrected chi connectivity index (χ1v) is 10.7. The molecule has 0 N–H and O–H groups in total. The van der Waals surface area contributed by atoms with Crippen LogP contribution >= 0.6 is 12.8 Å². The zero-order valence-electron chi connectivity index (χ0n) is 17.0. The molecule has 1 aliphatic heterocycles.